The highest BCUT2D eigenvalue weighted by Crippen LogP contribution is 2.05. The van der Waals surface area contributed by atoms with E-state index in [9.17, 15) is 4.79 Å². The summed E-state index contributed by atoms with van der Waals surface area (Å²) < 4.78 is 5.36. The first-order valence-corrected chi connectivity index (χ1v) is 7.61. The Morgan fingerprint density at radius 3 is 2.60 bits per heavy atom. The van der Waals surface area contributed by atoms with Gasteiger partial charge in [-0.1, -0.05) is 44.8 Å². The number of hydrogen-bond acceptors (Lipinski definition) is 2. The predicted molar refractivity (Wildman–Crippen MR) is 82.9 cm³/mol. The Morgan fingerprint density at radius 2 is 1.85 bits per heavy atom. The zero-order valence-corrected chi connectivity index (χ0v) is 12.6. The minimum absolute atomic E-state index is 0.0114. The molecule has 0 fully saturated rings. The highest BCUT2D eigenvalue weighted by atomic mass is 16.5. The minimum atomic E-state index is -0.841. The van der Waals surface area contributed by atoms with E-state index in [4.69, 9.17) is 9.84 Å². The van der Waals surface area contributed by atoms with Gasteiger partial charge in [0, 0.05) is 0 Å². The minimum Gasteiger partial charge on any atom is -0.481 e. The van der Waals surface area contributed by atoms with Gasteiger partial charge in [-0.25, -0.2) is 0 Å². The van der Waals surface area contributed by atoms with Gasteiger partial charge in [0.05, 0.1) is 19.6 Å². The van der Waals surface area contributed by atoms with Crippen molar-refractivity contribution < 1.29 is 14.6 Å². The highest BCUT2D eigenvalue weighted by molar-refractivity contribution is 5.68. The third-order valence-electron chi connectivity index (χ3n) is 2.78. The molecule has 0 bridgehead atoms. The van der Waals surface area contributed by atoms with Crippen molar-refractivity contribution in [3.63, 3.8) is 0 Å². The van der Waals surface area contributed by atoms with Gasteiger partial charge in [-0.15, -0.1) is 5.73 Å². The van der Waals surface area contributed by atoms with Crippen molar-refractivity contribution in [3.05, 3.63) is 30.0 Å². The van der Waals surface area contributed by atoms with E-state index >= 15 is 0 Å². The van der Waals surface area contributed by atoms with Gasteiger partial charge in [-0.3, -0.25) is 4.79 Å². The van der Waals surface area contributed by atoms with Crippen LogP contribution in [0.15, 0.2) is 30.0 Å². The van der Waals surface area contributed by atoms with Gasteiger partial charge in [0.15, 0.2) is 0 Å². The van der Waals surface area contributed by atoms with Crippen molar-refractivity contribution in [1.82, 2.24) is 0 Å². The van der Waals surface area contributed by atoms with Crippen LogP contribution in [0.4, 0.5) is 0 Å². The van der Waals surface area contributed by atoms with Crippen LogP contribution in [-0.2, 0) is 9.53 Å². The Kier molecular flexibility index (Phi) is 14.7. The van der Waals surface area contributed by atoms with Gasteiger partial charge in [-0.2, -0.15) is 0 Å². The number of rotatable bonds is 13. The van der Waals surface area contributed by atoms with Crippen molar-refractivity contribution in [3.8, 4) is 0 Å². The van der Waals surface area contributed by atoms with E-state index in [0.717, 1.165) is 6.42 Å². The Balaban J connectivity index is 3.27. The molecule has 0 aromatic rings. The molecule has 0 amide bonds. The molecule has 20 heavy (non-hydrogen) atoms. The lowest BCUT2D eigenvalue weighted by molar-refractivity contribution is -0.135. The summed E-state index contributed by atoms with van der Waals surface area (Å²) in [6, 6.07) is 0. The molecule has 0 aromatic carbocycles. The van der Waals surface area contributed by atoms with E-state index in [2.05, 4.69) is 24.8 Å². The van der Waals surface area contributed by atoms with E-state index in [-0.39, 0.29) is 6.42 Å². The lowest BCUT2D eigenvalue weighted by Gasteiger charge is -1.97. The molecule has 0 atom stereocenters. The molecule has 0 radical (unpaired) electrons. The number of carboxylic acid groups (broad SMARTS) is 1. The number of carboxylic acids is 1. The normalized spacial score (nSPS) is 10.4. The molecule has 0 aliphatic rings. The Labute approximate surface area is 123 Å². The van der Waals surface area contributed by atoms with Crippen LogP contribution in [0.25, 0.3) is 0 Å². The molecule has 3 nitrogen and oxygen atoms in total. The Hall–Kier alpha value is -1.31. The summed E-state index contributed by atoms with van der Waals surface area (Å²) in [7, 11) is 0. The summed E-state index contributed by atoms with van der Waals surface area (Å²) in [5, 5.41) is 8.39. The maximum atomic E-state index is 10.2. The standard InChI is InChI=1S/C17H28O3/c1-2-3-4-5-6-7-8-9-12-15-20-16-13-10-11-14-17(18)19/h8-9,11,13H,2-7,12,14-16H2,1H3,(H,18,19)/b9-8-. The van der Waals surface area contributed by atoms with Crippen molar-refractivity contribution in [1.29, 1.82) is 0 Å². The molecule has 0 aromatic heterocycles. The molecular formula is C17H28O3. The topological polar surface area (TPSA) is 46.5 Å². The molecule has 1 N–H and O–H groups in total. The third-order valence-corrected chi connectivity index (χ3v) is 2.78. The van der Waals surface area contributed by atoms with E-state index in [1.165, 1.54) is 44.6 Å². The van der Waals surface area contributed by atoms with E-state index in [0.29, 0.717) is 13.2 Å². The first-order chi connectivity index (χ1) is 9.77. The van der Waals surface area contributed by atoms with Crippen LogP contribution >= 0.6 is 0 Å². The van der Waals surface area contributed by atoms with Gasteiger partial charge in [-0.05, 0) is 31.4 Å². The van der Waals surface area contributed by atoms with Crippen LogP contribution < -0.4 is 0 Å². The number of carbonyl (C=O) groups is 1. The van der Waals surface area contributed by atoms with E-state index < -0.39 is 5.97 Å². The fourth-order valence-corrected chi connectivity index (χ4v) is 1.67. The first kappa shape index (κ1) is 18.7. The molecule has 0 unspecified atom stereocenters. The van der Waals surface area contributed by atoms with E-state index in [1.807, 2.05) is 0 Å². The molecule has 114 valence electrons. The molecule has 0 heterocycles. The van der Waals surface area contributed by atoms with Gasteiger partial charge in [0.2, 0.25) is 0 Å². The van der Waals surface area contributed by atoms with Crippen LogP contribution in [0.5, 0.6) is 0 Å². The molecule has 0 saturated heterocycles. The van der Waals surface area contributed by atoms with Gasteiger partial charge >= 0.3 is 5.97 Å². The summed E-state index contributed by atoms with van der Waals surface area (Å²) in [4.78, 5) is 10.2. The SMILES string of the molecule is CCCCCCC/C=C\CCOCC=C=CCC(=O)O. The molecule has 0 rings (SSSR count). The zero-order chi connectivity index (χ0) is 14.9. The maximum absolute atomic E-state index is 10.2. The summed E-state index contributed by atoms with van der Waals surface area (Å²) in [6.45, 7) is 3.42. The lowest BCUT2D eigenvalue weighted by atomic mass is 10.1. The number of allylic oxidation sites excluding steroid dienone is 1. The molecular weight excluding hydrogens is 252 g/mol. The van der Waals surface area contributed by atoms with Crippen molar-refractivity contribution in [2.24, 2.45) is 0 Å². The molecule has 3 heteroatoms. The van der Waals surface area contributed by atoms with E-state index in [1.54, 1.807) is 6.08 Å². The van der Waals surface area contributed by atoms with Gasteiger partial charge in [0.25, 0.3) is 0 Å². The lowest BCUT2D eigenvalue weighted by Crippen LogP contribution is -1.92. The van der Waals surface area contributed by atoms with Gasteiger partial charge < -0.3 is 9.84 Å². The van der Waals surface area contributed by atoms with Crippen LogP contribution in [-0.4, -0.2) is 24.3 Å². The summed E-state index contributed by atoms with van der Waals surface area (Å²) in [6.07, 6.45) is 16.3. The largest absolute Gasteiger partial charge is 0.481 e. The number of ether oxygens (including phenoxy) is 1. The van der Waals surface area contributed by atoms with Crippen molar-refractivity contribution in [2.75, 3.05) is 13.2 Å². The number of hydrogen-bond donors (Lipinski definition) is 1. The fourth-order valence-electron chi connectivity index (χ4n) is 1.67. The smallest absolute Gasteiger partial charge is 0.307 e. The summed E-state index contributed by atoms with van der Waals surface area (Å²) in [5.74, 6) is -0.841. The van der Waals surface area contributed by atoms with Crippen molar-refractivity contribution in [2.45, 2.75) is 58.3 Å². The molecule has 0 aliphatic carbocycles. The van der Waals surface area contributed by atoms with Crippen LogP contribution in [0.3, 0.4) is 0 Å². The van der Waals surface area contributed by atoms with Crippen LogP contribution in [0.1, 0.15) is 58.3 Å². The second-order valence-corrected chi connectivity index (χ2v) is 4.71. The second-order valence-electron chi connectivity index (χ2n) is 4.71. The predicted octanol–water partition coefficient (Wildman–Crippen LogP) is 4.50. The molecule has 0 spiro atoms. The maximum Gasteiger partial charge on any atom is 0.307 e. The average Bonchev–Trinajstić information content (AvgIpc) is 2.43. The highest BCUT2D eigenvalue weighted by Gasteiger charge is 1.88. The van der Waals surface area contributed by atoms with Crippen molar-refractivity contribution >= 4 is 5.97 Å². The number of unbranched alkanes of at least 4 members (excludes halogenated alkanes) is 5. The number of aliphatic carboxylic acids is 1. The monoisotopic (exact) mass is 280 g/mol. The van der Waals surface area contributed by atoms with Crippen LogP contribution in [0, 0.1) is 0 Å². The summed E-state index contributed by atoms with van der Waals surface area (Å²) in [5.41, 5.74) is 2.78. The quantitative estimate of drug-likeness (QED) is 0.307. The van der Waals surface area contributed by atoms with Gasteiger partial charge in [0.1, 0.15) is 0 Å². The molecule has 0 saturated carbocycles. The zero-order valence-electron chi connectivity index (χ0n) is 12.6. The van der Waals surface area contributed by atoms with Crippen LogP contribution in [0.2, 0.25) is 0 Å². The Bertz CT molecular complexity index is 312. The second kappa shape index (κ2) is 15.7. The Morgan fingerprint density at radius 1 is 1.10 bits per heavy atom. The average molecular weight is 280 g/mol. The third kappa shape index (κ3) is 16.7. The molecule has 0 aliphatic heterocycles. The summed E-state index contributed by atoms with van der Waals surface area (Å²) >= 11 is 0. The first-order valence-electron chi connectivity index (χ1n) is 7.61. The fraction of sp³-hybridized carbons (Fsp3) is 0.647.